The molecule has 19 heavy (non-hydrogen) atoms. The van der Waals surface area contributed by atoms with Gasteiger partial charge in [-0.25, -0.2) is 5.84 Å². The summed E-state index contributed by atoms with van der Waals surface area (Å²) in [6.07, 6.45) is 2.07. The van der Waals surface area contributed by atoms with Gasteiger partial charge in [-0.15, -0.1) is 0 Å². The number of nitrogen functional groups attached to an aromatic ring is 1. The molecule has 0 aromatic heterocycles. The number of nitrogens with zero attached hydrogens (tertiary/aromatic N) is 1. The highest BCUT2D eigenvalue weighted by Crippen LogP contribution is 2.46. The van der Waals surface area contributed by atoms with E-state index >= 15 is 0 Å². The molecule has 1 fully saturated rings. The van der Waals surface area contributed by atoms with E-state index in [1.807, 2.05) is 24.8 Å². The first-order valence-corrected chi connectivity index (χ1v) is 6.46. The lowest BCUT2D eigenvalue weighted by Gasteiger charge is -2.19. The van der Waals surface area contributed by atoms with E-state index in [1.165, 1.54) is 0 Å². The third-order valence-electron chi connectivity index (χ3n) is 3.99. The number of fused-ring (bicyclic) bond motifs is 1. The van der Waals surface area contributed by atoms with E-state index in [9.17, 15) is 9.59 Å². The molecule has 1 heterocycles. The molecule has 1 aromatic carbocycles. The summed E-state index contributed by atoms with van der Waals surface area (Å²) in [5.74, 6) is 4.94. The number of nitrogens with two attached hydrogens (primary N) is 1. The molecule has 1 saturated carbocycles. The largest absolute Gasteiger partial charge is 0.308 e. The highest BCUT2D eigenvalue weighted by atomic mass is 16.2. The van der Waals surface area contributed by atoms with E-state index in [-0.39, 0.29) is 11.8 Å². The highest BCUT2D eigenvalue weighted by molar-refractivity contribution is 6.09. The molecule has 5 nitrogen and oxygen atoms in total. The lowest BCUT2D eigenvalue weighted by molar-refractivity contribution is -0.122. The molecule has 1 aliphatic carbocycles. The van der Waals surface area contributed by atoms with Crippen molar-refractivity contribution in [1.82, 2.24) is 5.43 Å². The van der Waals surface area contributed by atoms with Crippen LogP contribution in [-0.4, -0.2) is 17.9 Å². The van der Waals surface area contributed by atoms with Gasteiger partial charge in [0.2, 0.25) is 5.91 Å². The lowest BCUT2D eigenvalue weighted by atomic mass is 9.86. The monoisotopic (exact) mass is 259 g/mol. The molecule has 3 N–H and O–H groups in total. The summed E-state index contributed by atoms with van der Waals surface area (Å²) < 4.78 is 0. The van der Waals surface area contributed by atoms with E-state index < -0.39 is 5.41 Å². The molecule has 2 aliphatic rings. The summed E-state index contributed by atoms with van der Waals surface area (Å²) in [7, 11) is 0. The zero-order chi connectivity index (χ0) is 13.8. The second-order valence-corrected chi connectivity index (χ2v) is 5.74. The summed E-state index contributed by atoms with van der Waals surface area (Å²) in [6.45, 7) is 3.86. The van der Waals surface area contributed by atoms with Crippen LogP contribution >= 0.6 is 0 Å². The fourth-order valence-corrected chi connectivity index (χ4v) is 2.71. The molecule has 100 valence electrons. The molecule has 0 spiro atoms. The molecule has 3 rings (SSSR count). The first kappa shape index (κ1) is 12.2. The normalized spacial score (nSPS) is 20.4. The minimum atomic E-state index is -0.518. The van der Waals surface area contributed by atoms with Crippen LogP contribution in [0, 0.1) is 0 Å². The van der Waals surface area contributed by atoms with Gasteiger partial charge < -0.3 is 4.90 Å². The number of carbonyl (C=O) groups excluding carboxylic acids is 2. The predicted octanol–water partition coefficient (Wildman–Crippen LogP) is 1.08. The molecule has 0 atom stereocenters. The number of carbonyl (C=O) groups is 2. The SMILES string of the molecule is CC1(C)C(=O)N(C2CC2)c2cc(C(=O)NN)ccc21. The van der Waals surface area contributed by atoms with Crippen LogP contribution in [0.2, 0.25) is 0 Å². The van der Waals surface area contributed by atoms with Crippen molar-refractivity contribution >= 4 is 17.5 Å². The van der Waals surface area contributed by atoms with Gasteiger partial charge in [-0.3, -0.25) is 15.0 Å². The van der Waals surface area contributed by atoms with Crippen molar-refractivity contribution in [1.29, 1.82) is 0 Å². The zero-order valence-electron chi connectivity index (χ0n) is 11.1. The van der Waals surface area contributed by atoms with Crippen molar-refractivity contribution in [3.8, 4) is 0 Å². The Bertz CT molecular complexity index is 576. The van der Waals surface area contributed by atoms with E-state index in [0.717, 1.165) is 24.1 Å². The molecular formula is C14H17N3O2. The van der Waals surface area contributed by atoms with Crippen LogP contribution < -0.4 is 16.2 Å². The van der Waals surface area contributed by atoms with Crippen LogP contribution in [0.15, 0.2) is 18.2 Å². The molecule has 5 heteroatoms. The van der Waals surface area contributed by atoms with Crippen molar-refractivity contribution in [2.45, 2.75) is 38.1 Å². The average Bonchev–Trinajstić information content (AvgIpc) is 3.19. The Morgan fingerprint density at radius 3 is 2.68 bits per heavy atom. The number of hydrogen-bond acceptors (Lipinski definition) is 3. The first-order chi connectivity index (χ1) is 8.96. The maximum atomic E-state index is 12.5. The lowest BCUT2D eigenvalue weighted by Crippen LogP contribution is -2.37. The van der Waals surface area contributed by atoms with Crippen LogP contribution in [0.5, 0.6) is 0 Å². The van der Waals surface area contributed by atoms with Gasteiger partial charge in [0.25, 0.3) is 5.91 Å². The summed E-state index contributed by atoms with van der Waals surface area (Å²) in [5.41, 5.74) is 3.93. The molecule has 0 unspecified atom stereocenters. The first-order valence-electron chi connectivity index (χ1n) is 6.46. The number of anilines is 1. The van der Waals surface area contributed by atoms with Gasteiger partial charge >= 0.3 is 0 Å². The van der Waals surface area contributed by atoms with E-state index in [1.54, 1.807) is 12.1 Å². The molecular weight excluding hydrogens is 242 g/mol. The fourth-order valence-electron chi connectivity index (χ4n) is 2.71. The Morgan fingerprint density at radius 2 is 2.11 bits per heavy atom. The van der Waals surface area contributed by atoms with Gasteiger partial charge in [0.05, 0.1) is 5.41 Å². The number of hydrazine groups is 1. The Labute approximate surface area is 111 Å². The quantitative estimate of drug-likeness (QED) is 0.474. The summed E-state index contributed by atoms with van der Waals surface area (Å²) in [4.78, 5) is 26.0. The number of amides is 2. The smallest absolute Gasteiger partial charge is 0.265 e. The Balaban J connectivity index is 2.12. The number of benzene rings is 1. The Kier molecular flexibility index (Phi) is 2.44. The second-order valence-electron chi connectivity index (χ2n) is 5.74. The number of nitrogens with one attached hydrogen (secondary N) is 1. The Hall–Kier alpha value is -1.88. The third-order valence-corrected chi connectivity index (χ3v) is 3.99. The fraction of sp³-hybridized carbons (Fsp3) is 0.429. The highest BCUT2D eigenvalue weighted by Gasteiger charge is 2.49. The molecule has 0 radical (unpaired) electrons. The second kappa shape index (κ2) is 3.81. The summed E-state index contributed by atoms with van der Waals surface area (Å²) in [6, 6.07) is 5.64. The number of rotatable bonds is 2. The minimum absolute atomic E-state index is 0.121. The molecule has 0 saturated heterocycles. The standard InChI is InChI=1S/C14H17N3O2/c1-14(2)10-6-3-8(12(18)16-15)7-11(10)17(13(14)19)9-4-5-9/h3,6-7,9H,4-5,15H2,1-2H3,(H,16,18). The maximum absolute atomic E-state index is 12.5. The summed E-state index contributed by atoms with van der Waals surface area (Å²) >= 11 is 0. The van der Waals surface area contributed by atoms with Crippen molar-refractivity contribution in [2.75, 3.05) is 4.90 Å². The van der Waals surface area contributed by atoms with Gasteiger partial charge in [-0.2, -0.15) is 0 Å². The van der Waals surface area contributed by atoms with Crippen molar-refractivity contribution < 1.29 is 9.59 Å². The molecule has 0 bridgehead atoms. The van der Waals surface area contributed by atoms with Crippen LogP contribution in [-0.2, 0) is 10.2 Å². The molecule has 2 amide bonds. The van der Waals surface area contributed by atoms with Gasteiger partial charge in [0.15, 0.2) is 0 Å². The zero-order valence-corrected chi connectivity index (χ0v) is 11.1. The molecule has 1 aromatic rings. The van der Waals surface area contributed by atoms with Gasteiger partial charge in [-0.1, -0.05) is 6.07 Å². The van der Waals surface area contributed by atoms with E-state index in [4.69, 9.17) is 5.84 Å². The summed E-state index contributed by atoms with van der Waals surface area (Å²) in [5, 5.41) is 0. The molecule has 1 aliphatic heterocycles. The predicted molar refractivity (Wildman–Crippen MR) is 71.6 cm³/mol. The maximum Gasteiger partial charge on any atom is 0.265 e. The third kappa shape index (κ3) is 1.65. The van der Waals surface area contributed by atoms with Crippen LogP contribution in [0.3, 0.4) is 0 Å². The van der Waals surface area contributed by atoms with Gasteiger partial charge in [0.1, 0.15) is 0 Å². The van der Waals surface area contributed by atoms with Gasteiger partial charge in [-0.05, 0) is 44.4 Å². The topological polar surface area (TPSA) is 75.4 Å². The van der Waals surface area contributed by atoms with Crippen LogP contribution in [0.1, 0.15) is 42.6 Å². The van der Waals surface area contributed by atoms with Crippen LogP contribution in [0.4, 0.5) is 5.69 Å². The van der Waals surface area contributed by atoms with E-state index in [2.05, 4.69) is 5.43 Å². The minimum Gasteiger partial charge on any atom is -0.308 e. The number of hydrogen-bond donors (Lipinski definition) is 2. The Morgan fingerprint density at radius 1 is 1.42 bits per heavy atom. The van der Waals surface area contributed by atoms with Gasteiger partial charge in [0, 0.05) is 17.3 Å². The van der Waals surface area contributed by atoms with E-state index in [0.29, 0.717) is 11.6 Å². The van der Waals surface area contributed by atoms with Crippen molar-refractivity contribution in [2.24, 2.45) is 5.84 Å². The average molecular weight is 259 g/mol. The van der Waals surface area contributed by atoms with Crippen LogP contribution in [0.25, 0.3) is 0 Å². The van der Waals surface area contributed by atoms with Crippen molar-refractivity contribution in [3.63, 3.8) is 0 Å². The van der Waals surface area contributed by atoms with Crippen molar-refractivity contribution in [3.05, 3.63) is 29.3 Å².